The molecular weight excluding hydrogens is 255 g/mol. The summed E-state index contributed by atoms with van der Waals surface area (Å²) < 4.78 is 11.9. The van der Waals surface area contributed by atoms with Crippen LogP contribution in [0, 0.1) is 0 Å². The van der Waals surface area contributed by atoms with Crippen molar-refractivity contribution in [2.24, 2.45) is 0 Å². The molecule has 7 heteroatoms. The van der Waals surface area contributed by atoms with Crippen LogP contribution >= 0.6 is 0 Å². The fourth-order valence-electron chi connectivity index (χ4n) is 1.95. The third-order valence-electron chi connectivity index (χ3n) is 3.91. The number of rotatable bonds is 2. The molecule has 0 aromatic carbocycles. The zero-order valence-electron chi connectivity index (χ0n) is 12.0. The van der Waals surface area contributed by atoms with E-state index in [-0.39, 0.29) is 11.2 Å². The van der Waals surface area contributed by atoms with Crippen LogP contribution in [-0.2, 0) is 9.31 Å². The molecule has 0 saturated carbocycles. The summed E-state index contributed by atoms with van der Waals surface area (Å²) in [5.74, 6) is 1.20. The van der Waals surface area contributed by atoms with Gasteiger partial charge in [0.1, 0.15) is 0 Å². The Balaban J connectivity index is 1.83. The van der Waals surface area contributed by atoms with Gasteiger partial charge in [0.05, 0.1) is 11.2 Å². The SMILES string of the molecule is CC1(C)OB(c2cnc(-c3ncc[nH]3)nc2)OC1(C)C. The first kappa shape index (κ1) is 13.3. The van der Waals surface area contributed by atoms with Gasteiger partial charge in [0.25, 0.3) is 0 Å². The fourth-order valence-corrected chi connectivity index (χ4v) is 1.95. The van der Waals surface area contributed by atoms with E-state index in [1.807, 2.05) is 27.7 Å². The van der Waals surface area contributed by atoms with Gasteiger partial charge in [0.2, 0.25) is 0 Å². The summed E-state index contributed by atoms with van der Waals surface area (Å²) in [5.41, 5.74) is 0.0771. The van der Waals surface area contributed by atoms with E-state index in [0.717, 1.165) is 5.46 Å². The Bertz CT molecular complexity index is 579. The number of nitrogens with zero attached hydrogens (tertiary/aromatic N) is 3. The Morgan fingerprint density at radius 1 is 1.00 bits per heavy atom. The number of hydrogen-bond donors (Lipinski definition) is 1. The zero-order valence-corrected chi connectivity index (χ0v) is 12.0. The molecule has 3 rings (SSSR count). The molecule has 20 heavy (non-hydrogen) atoms. The average Bonchev–Trinajstić information content (AvgIpc) is 2.97. The quantitative estimate of drug-likeness (QED) is 0.831. The van der Waals surface area contributed by atoms with Crippen molar-refractivity contribution in [2.45, 2.75) is 38.9 Å². The second-order valence-electron chi connectivity index (χ2n) is 5.87. The minimum atomic E-state index is -0.439. The third-order valence-corrected chi connectivity index (χ3v) is 3.91. The number of aromatic nitrogens is 4. The zero-order chi connectivity index (χ0) is 14.4. The highest BCUT2D eigenvalue weighted by molar-refractivity contribution is 6.61. The van der Waals surface area contributed by atoms with Crippen molar-refractivity contribution in [3.8, 4) is 11.6 Å². The van der Waals surface area contributed by atoms with Crippen molar-refractivity contribution >= 4 is 12.6 Å². The lowest BCUT2D eigenvalue weighted by Gasteiger charge is -2.32. The maximum Gasteiger partial charge on any atom is 0.498 e. The molecule has 6 nitrogen and oxygen atoms in total. The maximum absolute atomic E-state index is 5.96. The number of imidazole rings is 1. The molecule has 0 aliphatic carbocycles. The summed E-state index contributed by atoms with van der Waals surface area (Å²) in [6.07, 6.45) is 6.83. The molecule has 0 spiro atoms. The summed E-state index contributed by atoms with van der Waals surface area (Å²) in [6, 6.07) is 0. The van der Waals surface area contributed by atoms with Crippen molar-refractivity contribution in [3.05, 3.63) is 24.8 Å². The first-order valence-corrected chi connectivity index (χ1v) is 6.56. The third kappa shape index (κ3) is 2.12. The molecule has 1 aliphatic heterocycles. The first-order chi connectivity index (χ1) is 9.39. The van der Waals surface area contributed by atoms with Crippen LogP contribution in [-0.4, -0.2) is 38.3 Å². The van der Waals surface area contributed by atoms with Crippen molar-refractivity contribution in [2.75, 3.05) is 0 Å². The molecule has 1 N–H and O–H groups in total. The van der Waals surface area contributed by atoms with Crippen LogP contribution in [0.25, 0.3) is 11.6 Å². The Morgan fingerprint density at radius 3 is 2.10 bits per heavy atom. The van der Waals surface area contributed by atoms with Gasteiger partial charge >= 0.3 is 7.12 Å². The van der Waals surface area contributed by atoms with E-state index in [2.05, 4.69) is 19.9 Å². The van der Waals surface area contributed by atoms with Gasteiger partial charge in [0, 0.05) is 30.3 Å². The second-order valence-corrected chi connectivity index (χ2v) is 5.87. The van der Waals surface area contributed by atoms with Gasteiger partial charge in [-0.1, -0.05) is 0 Å². The van der Waals surface area contributed by atoms with Gasteiger partial charge in [-0.15, -0.1) is 0 Å². The average molecular weight is 272 g/mol. The number of hydrogen-bond acceptors (Lipinski definition) is 5. The highest BCUT2D eigenvalue weighted by Gasteiger charge is 2.51. The summed E-state index contributed by atoms with van der Waals surface area (Å²) in [5, 5.41) is 0. The van der Waals surface area contributed by atoms with Crippen molar-refractivity contribution in [1.29, 1.82) is 0 Å². The Morgan fingerprint density at radius 2 is 1.60 bits per heavy atom. The van der Waals surface area contributed by atoms with Crippen molar-refractivity contribution in [3.63, 3.8) is 0 Å². The lowest BCUT2D eigenvalue weighted by Crippen LogP contribution is -2.41. The van der Waals surface area contributed by atoms with E-state index in [1.54, 1.807) is 24.8 Å². The number of H-pyrrole nitrogens is 1. The van der Waals surface area contributed by atoms with Crippen LogP contribution in [0.1, 0.15) is 27.7 Å². The molecule has 2 aromatic heterocycles. The monoisotopic (exact) mass is 272 g/mol. The minimum absolute atomic E-state index is 0.364. The normalized spacial score (nSPS) is 20.3. The van der Waals surface area contributed by atoms with E-state index >= 15 is 0 Å². The standard InChI is InChI=1S/C13H17BN4O2/c1-12(2)13(3,4)20-14(19-12)9-7-17-11(18-8-9)10-15-5-6-16-10/h5-8H,1-4H3,(H,15,16). The summed E-state index contributed by atoms with van der Waals surface area (Å²) in [7, 11) is -0.439. The Kier molecular flexibility index (Phi) is 2.91. The second kappa shape index (κ2) is 4.39. The van der Waals surface area contributed by atoms with Crippen LogP contribution in [0.15, 0.2) is 24.8 Å². The van der Waals surface area contributed by atoms with Crippen molar-refractivity contribution < 1.29 is 9.31 Å². The van der Waals surface area contributed by atoms with Crippen LogP contribution in [0.2, 0.25) is 0 Å². The van der Waals surface area contributed by atoms with Gasteiger partial charge in [-0.2, -0.15) is 0 Å². The first-order valence-electron chi connectivity index (χ1n) is 6.56. The number of nitrogens with one attached hydrogen (secondary N) is 1. The predicted molar refractivity (Wildman–Crippen MR) is 75.3 cm³/mol. The van der Waals surface area contributed by atoms with E-state index < -0.39 is 7.12 Å². The van der Waals surface area contributed by atoms with E-state index in [1.165, 1.54) is 0 Å². The van der Waals surface area contributed by atoms with E-state index in [4.69, 9.17) is 9.31 Å². The molecule has 1 saturated heterocycles. The molecule has 0 amide bonds. The Hall–Kier alpha value is -1.73. The van der Waals surface area contributed by atoms with Gasteiger partial charge in [-0.3, -0.25) is 0 Å². The highest BCUT2D eigenvalue weighted by atomic mass is 16.7. The number of aromatic amines is 1. The van der Waals surface area contributed by atoms with Gasteiger partial charge in [0.15, 0.2) is 11.6 Å². The summed E-state index contributed by atoms with van der Waals surface area (Å²) >= 11 is 0. The van der Waals surface area contributed by atoms with Crippen LogP contribution < -0.4 is 5.46 Å². The largest absolute Gasteiger partial charge is 0.498 e. The molecule has 0 bridgehead atoms. The summed E-state index contributed by atoms with van der Waals surface area (Å²) in [4.78, 5) is 15.7. The minimum Gasteiger partial charge on any atom is -0.399 e. The van der Waals surface area contributed by atoms with Crippen LogP contribution in [0.5, 0.6) is 0 Å². The lowest BCUT2D eigenvalue weighted by molar-refractivity contribution is 0.00578. The molecule has 0 atom stereocenters. The molecule has 3 heterocycles. The van der Waals surface area contributed by atoms with Crippen LogP contribution in [0.3, 0.4) is 0 Å². The molecule has 104 valence electrons. The maximum atomic E-state index is 5.96. The highest BCUT2D eigenvalue weighted by Crippen LogP contribution is 2.36. The van der Waals surface area contributed by atoms with Gasteiger partial charge in [-0.05, 0) is 27.7 Å². The molecular formula is C13H17BN4O2. The molecule has 1 fully saturated rings. The summed E-state index contributed by atoms with van der Waals surface area (Å²) in [6.45, 7) is 8.08. The molecule has 1 aliphatic rings. The van der Waals surface area contributed by atoms with E-state index in [0.29, 0.717) is 11.6 Å². The fraction of sp³-hybridized carbons (Fsp3) is 0.462. The molecule has 0 radical (unpaired) electrons. The van der Waals surface area contributed by atoms with Gasteiger partial charge in [-0.25, -0.2) is 15.0 Å². The molecule has 2 aromatic rings. The van der Waals surface area contributed by atoms with Gasteiger partial charge < -0.3 is 14.3 Å². The smallest absolute Gasteiger partial charge is 0.399 e. The van der Waals surface area contributed by atoms with Crippen molar-refractivity contribution in [1.82, 2.24) is 19.9 Å². The van der Waals surface area contributed by atoms with E-state index in [9.17, 15) is 0 Å². The van der Waals surface area contributed by atoms with Crippen LogP contribution in [0.4, 0.5) is 0 Å². The Labute approximate surface area is 118 Å². The molecule has 0 unspecified atom stereocenters. The topological polar surface area (TPSA) is 72.9 Å². The lowest BCUT2D eigenvalue weighted by atomic mass is 9.81. The predicted octanol–water partition coefficient (Wildman–Crippen LogP) is 1.17.